The van der Waals surface area contributed by atoms with Crippen LogP contribution in [-0.4, -0.2) is 38.1 Å². The van der Waals surface area contributed by atoms with E-state index in [1.54, 1.807) is 0 Å². The molecule has 0 unspecified atom stereocenters. The second-order valence-electron chi connectivity index (χ2n) is 4.92. The van der Waals surface area contributed by atoms with E-state index in [9.17, 15) is 4.79 Å². The summed E-state index contributed by atoms with van der Waals surface area (Å²) in [5.74, 6) is -0.757. The number of carbonyl (C=O) groups is 1. The average molecular weight is 237 g/mol. The highest BCUT2D eigenvalue weighted by atomic mass is 16.4. The molecule has 0 aromatic carbocycles. The topological polar surface area (TPSA) is 58.4 Å². The van der Waals surface area contributed by atoms with Gasteiger partial charge in [0.2, 0.25) is 0 Å². The van der Waals surface area contributed by atoms with Crippen molar-refractivity contribution in [2.45, 2.75) is 45.3 Å². The summed E-state index contributed by atoms with van der Waals surface area (Å²) in [5, 5.41) is 8.90. The number of hydrogen-bond acceptors (Lipinski definition) is 3. The SMILES string of the molecule is CC(C)n1cncc1CN(CC(=O)O)C1CC1. The van der Waals surface area contributed by atoms with Gasteiger partial charge in [-0.1, -0.05) is 0 Å². The van der Waals surface area contributed by atoms with Crippen LogP contribution >= 0.6 is 0 Å². The van der Waals surface area contributed by atoms with Crippen LogP contribution in [0.25, 0.3) is 0 Å². The monoisotopic (exact) mass is 237 g/mol. The van der Waals surface area contributed by atoms with Gasteiger partial charge in [-0.05, 0) is 26.7 Å². The number of nitrogens with zero attached hydrogens (tertiary/aromatic N) is 3. The molecule has 0 atom stereocenters. The van der Waals surface area contributed by atoms with Crippen molar-refractivity contribution in [1.29, 1.82) is 0 Å². The minimum absolute atomic E-state index is 0.119. The molecule has 1 fully saturated rings. The number of carboxylic acids is 1. The summed E-state index contributed by atoms with van der Waals surface area (Å²) in [4.78, 5) is 17.0. The molecule has 1 aromatic rings. The Morgan fingerprint density at radius 2 is 2.35 bits per heavy atom. The minimum atomic E-state index is -0.757. The van der Waals surface area contributed by atoms with Gasteiger partial charge in [-0.3, -0.25) is 9.69 Å². The minimum Gasteiger partial charge on any atom is -0.480 e. The van der Waals surface area contributed by atoms with Crippen LogP contribution in [0, 0.1) is 0 Å². The smallest absolute Gasteiger partial charge is 0.317 e. The molecule has 5 heteroatoms. The van der Waals surface area contributed by atoms with Gasteiger partial charge in [0.15, 0.2) is 0 Å². The van der Waals surface area contributed by atoms with Crippen LogP contribution in [0.2, 0.25) is 0 Å². The van der Waals surface area contributed by atoms with E-state index in [2.05, 4.69) is 23.4 Å². The Hall–Kier alpha value is -1.36. The lowest BCUT2D eigenvalue weighted by Gasteiger charge is -2.21. The zero-order chi connectivity index (χ0) is 12.4. The normalized spacial score (nSPS) is 15.8. The lowest BCUT2D eigenvalue weighted by molar-refractivity contribution is -0.138. The molecular formula is C12H19N3O2. The Kier molecular flexibility index (Phi) is 3.47. The van der Waals surface area contributed by atoms with Crippen molar-refractivity contribution < 1.29 is 9.90 Å². The highest BCUT2D eigenvalue weighted by Gasteiger charge is 2.30. The Morgan fingerprint density at radius 1 is 1.65 bits per heavy atom. The number of rotatable bonds is 6. The average Bonchev–Trinajstić information content (AvgIpc) is 2.97. The molecule has 1 aliphatic carbocycles. The third-order valence-corrected chi connectivity index (χ3v) is 3.07. The molecule has 0 amide bonds. The molecule has 0 bridgehead atoms. The number of imidazole rings is 1. The van der Waals surface area contributed by atoms with E-state index < -0.39 is 5.97 Å². The third kappa shape index (κ3) is 3.06. The van der Waals surface area contributed by atoms with Crippen LogP contribution in [0.1, 0.15) is 38.4 Å². The van der Waals surface area contributed by atoms with Crippen molar-refractivity contribution in [2.24, 2.45) is 0 Å². The molecule has 0 aliphatic heterocycles. The van der Waals surface area contributed by atoms with Gasteiger partial charge in [0, 0.05) is 24.8 Å². The van der Waals surface area contributed by atoms with Crippen molar-refractivity contribution in [3.63, 3.8) is 0 Å². The van der Waals surface area contributed by atoms with E-state index in [4.69, 9.17) is 5.11 Å². The molecule has 1 saturated carbocycles. The molecule has 2 rings (SSSR count). The highest BCUT2D eigenvalue weighted by Crippen LogP contribution is 2.28. The third-order valence-electron chi connectivity index (χ3n) is 3.07. The first-order valence-corrected chi connectivity index (χ1v) is 6.04. The zero-order valence-corrected chi connectivity index (χ0v) is 10.3. The highest BCUT2D eigenvalue weighted by molar-refractivity contribution is 5.69. The largest absolute Gasteiger partial charge is 0.480 e. The maximum atomic E-state index is 10.8. The van der Waals surface area contributed by atoms with Gasteiger partial charge in [-0.25, -0.2) is 4.98 Å². The van der Waals surface area contributed by atoms with Crippen LogP contribution in [0.15, 0.2) is 12.5 Å². The fourth-order valence-corrected chi connectivity index (χ4v) is 2.06. The van der Waals surface area contributed by atoms with E-state index in [1.165, 1.54) is 0 Å². The predicted molar refractivity (Wildman–Crippen MR) is 63.7 cm³/mol. The molecule has 1 N–H and O–H groups in total. The first kappa shape index (κ1) is 12.1. The van der Waals surface area contributed by atoms with Gasteiger partial charge in [-0.2, -0.15) is 0 Å². The second kappa shape index (κ2) is 4.87. The molecule has 0 radical (unpaired) electrons. The van der Waals surface area contributed by atoms with Gasteiger partial charge in [0.05, 0.1) is 18.6 Å². The number of carboxylic acid groups (broad SMARTS) is 1. The van der Waals surface area contributed by atoms with Crippen LogP contribution in [0.3, 0.4) is 0 Å². The van der Waals surface area contributed by atoms with Crippen molar-refractivity contribution in [3.05, 3.63) is 18.2 Å². The maximum Gasteiger partial charge on any atom is 0.317 e. The van der Waals surface area contributed by atoms with Crippen LogP contribution in [0.5, 0.6) is 0 Å². The van der Waals surface area contributed by atoms with E-state index >= 15 is 0 Å². The molecule has 1 aliphatic rings. The molecule has 5 nitrogen and oxygen atoms in total. The molecule has 94 valence electrons. The first-order chi connectivity index (χ1) is 8.08. The molecule has 1 aromatic heterocycles. The molecule has 0 saturated heterocycles. The summed E-state index contributed by atoms with van der Waals surface area (Å²) in [6.45, 7) is 5.00. The summed E-state index contributed by atoms with van der Waals surface area (Å²) >= 11 is 0. The fourth-order valence-electron chi connectivity index (χ4n) is 2.06. The standard InChI is InChI=1S/C12H19N3O2/c1-9(2)15-8-13-5-11(15)6-14(7-12(16)17)10-3-4-10/h5,8-10H,3-4,6-7H2,1-2H3,(H,16,17). The Bertz CT molecular complexity index is 396. The van der Waals surface area contributed by atoms with Gasteiger partial charge in [0.1, 0.15) is 0 Å². The number of aliphatic carboxylic acids is 1. The van der Waals surface area contributed by atoms with Crippen LogP contribution < -0.4 is 0 Å². The number of aromatic nitrogens is 2. The zero-order valence-electron chi connectivity index (χ0n) is 10.3. The summed E-state index contributed by atoms with van der Waals surface area (Å²) < 4.78 is 2.09. The van der Waals surface area contributed by atoms with Crippen molar-refractivity contribution >= 4 is 5.97 Å². The summed E-state index contributed by atoms with van der Waals surface area (Å²) in [7, 11) is 0. The lowest BCUT2D eigenvalue weighted by Crippen LogP contribution is -2.32. The van der Waals surface area contributed by atoms with E-state index in [0.717, 1.165) is 18.5 Å². The van der Waals surface area contributed by atoms with Crippen molar-refractivity contribution in [1.82, 2.24) is 14.5 Å². The fraction of sp³-hybridized carbons (Fsp3) is 0.667. The van der Waals surface area contributed by atoms with Gasteiger partial charge >= 0.3 is 5.97 Å². The molecular weight excluding hydrogens is 218 g/mol. The second-order valence-corrected chi connectivity index (χ2v) is 4.92. The summed E-state index contributed by atoms with van der Waals surface area (Å²) in [5.41, 5.74) is 1.09. The first-order valence-electron chi connectivity index (χ1n) is 6.04. The van der Waals surface area contributed by atoms with Crippen LogP contribution in [-0.2, 0) is 11.3 Å². The van der Waals surface area contributed by atoms with Crippen molar-refractivity contribution in [3.8, 4) is 0 Å². The molecule has 1 heterocycles. The predicted octanol–water partition coefficient (Wildman–Crippen LogP) is 1.51. The van der Waals surface area contributed by atoms with E-state index in [0.29, 0.717) is 18.6 Å². The van der Waals surface area contributed by atoms with E-state index in [1.807, 2.05) is 17.4 Å². The Labute approximate surface area is 101 Å². The number of hydrogen-bond donors (Lipinski definition) is 1. The van der Waals surface area contributed by atoms with Gasteiger partial charge in [0.25, 0.3) is 0 Å². The van der Waals surface area contributed by atoms with Gasteiger partial charge in [-0.15, -0.1) is 0 Å². The Morgan fingerprint density at radius 3 is 2.88 bits per heavy atom. The molecule has 17 heavy (non-hydrogen) atoms. The molecule has 0 spiro atoms. The van der Waals surface area contributed by atoms with Crippen molar-refractivity contribution in [2.75, 3.05) is 6.54 Å². The Balaban J connectivity index is 2.06. The maximum absolute atomic E-state index is 10.8. The van der Waals surface area contributed by atoms with Crippen LogP contribution in [0.4, 0.5) is 0 Å². The summed E-state index contributed by atoms with van der Waals surface area (Å²) in [6.07, 6.45) is 5.87. The summed E-state index contributed by atoms with van der Waals surface area (Å²) in [6, 6.07) is 0.806. The quantitative estimate of drug-likeness (QED) is 0.814. The van der Waals surface area contributed by atoms with E-state index in [-0.39, 0.29) is 6.54 Å². The lowest BCUT2D eigenvalue weighted by atomic mass is 10.3. The van der Waals surface area contributed by atoms with Gasteiger partial charge < -0.3 is 9.67 Å².